The molecule has 1 aliphatic heterocycles. The highest BCUT2D eigenvalue weighted by Gasteiger charge is 2.38. The van der Waals surface area contributed by atoms with Gasteiger partial charge in [0.1, 0.15) is 0 Å². The predicted octanol–water partition coefficient (Wildman–Crippen LogP) is 3.30. The number of para-hydroxylation sites is 1. The van der Waals surface area contributed by atoms with Gasteiger partial charge < -0.3 is 14.5 Å². The molecule has 2 heterocycles. The SMILES string of the molecule is O=C(CCC1(c2ccccc2)OCCO1)N/N=C/c1c[nH]c2ccccc12. The Morgan fingerprint density at radius 3 is 2.67 bits per heavy atom. The quantitative estimate of drug-likeness (QED) is 0.521. The van der Waals surface area contributed by atoms with Crippen LogP contribution in [0.5, 0.6) is 0 Å². The highest BCUT2D eigenvalue weighted by molar-refractivity contribution is 5.99. The lowest BCUT2D eigenvalue weighted by molar-refractivity contribution is -0.173. The van der Waals surface area contributed by atoms with Crippen molar-refractivity contribution < 1.29 is 14.3 Å². The van der Waals surface area contributed by atoms with Crippen LogP contribution in [0, 0.1) is 0 Å². The van der Waals surface area contributed by atoms with Crippen molar-refractivity contribution in [3.8, 4) is 0 Å². The molecular weight excluding hydrogens is 342 g/mol. The Hall–Kier alpha value is -2.96. The zero-order valence-electron chi connectivity index (χ0n) is 14.9. The smallest absolute Gasteiger partial charge is 0.240 e. The van der Waals surface area contributed by atoms with Crippen molar-refractivity contribution in [1.82, 2.24) is 10.4 Å². The largest absolute Gasteiger partial charge is 0.361 e. The third kappa shape index (κ3) is 3.77. The van der Waals surface area contributed by atoms with Gasteiger partial charge in [0.15, 0.2) is 5.79 Å². The fourth-order valence-corrected chi connectivity index (χ4v) is 3.31. The maximum absolute atomic E-state index is 12.2. The molecule has 0 aliphatic carbocycles. The van der Waals surface area contributed by atoms with E-state index in [1.807, 2.05) is 60.8 Å². The van der Waals surface area contributed by atoms with Crippen molar-refractivity contribution in [1.29, 1.82) is 0 Å². The number of amides is 1. The number of H-pyrrole nitrogens is 1. The summed E-state index contributed by atoms with van der Waals surface area (Å²) in [7, 11) is 0. The van der Waals surface area contributed by atoms with Gasteiger partial charge in [-0.25, -0.2) is 5.43 Å². The highest BCUT2D eigenvalue weighted by atomic mass is 16.7. The van der Waals surface area contributed by atoms with Gasteiger partial charge in [-0.15, -0.1) is 0 Å². The van der Waals surface area contributed by atoms with Crippen molar-refractivity contribution in [3.63, 3.8) is 0 Å². The van der Waals surface area contributed by atoms with E-state index in [2.05, 4.69) is 15.5 Å². The fraction of sp³-hybridized carbons (Fsp3) is 0.238. The van der Waals surface area contributed by atoms with Gasteiger partial charge in [-0.2, -0.15) is 5.10 Å². The summed E-state index contributed by atoms with van der Waals surface area (Å²) in [6.07, 6.45) is 4.20. The number of ether oxygens (including phenoxy) is 2. The molecule has 6 nitrogen and oxygen atoms in total. The standard InChI is InChI=1S/C21H21N3O3/c25-20(24-23-15-16-14-22-19-9-5-4-8-18(16)19)10-11-21(26-12-13-27-21)17-6-2-1-3-7-17/h1-9,14-15,22H,10-13H2,(H,24,25)/b23-15+. The second-order valence-electron chi connectivity index (χ2n) is 6.40. The normalized spacial score (nSPS) is 16.1. The van der Waals surface area contributed by atoms with Crippen molar-refractivity contribution in [2.45, 2.75) is 18.6 Å². The molecule has 0 radical (unpaired) electrons. The average molecular weight is 363 g/mol. The molecule has 0 bridgehead atoms. The Kier molecular flexibility index (Phi) is 5.00. The fourth-order valence-electron chi connectivity index (χ4n) is 3.31. The molecule has 1 amide bonds. The maximum atomic E-state index is 12.2. The van der Waals surface area contributed by atoms with Crippen molar-refractivity contribution >= 4 is 23.0 Å². The lowest BCUT2D eigenvalue weighted by Crippen LogP contribution is -2.30. The summed E-state index contributed by atoms with van der Waals surface area (Å²) in [4.78, 5) is 15.4. The Morgan fingerprint density at radius 2 is 1.85 bits per heavy atom. The van der Waals surface area contributed by atoms with E-state index >= 15 is 0 Å². The molecule has 0 saturated carbocycles. The van der Waals surface area contributed by atoms with E-state index in [1.165, 1.54) is 0 Å². The minimum absolute atomic E-state index is 0.180. The number of aromatic amines is 1. The second kappa shape index (κ2) is 7.73. The van der Waals surface area contributed by atoms with Gasteiger partial charge in [0, 0.05) is 41.1 Å². The predicted molar refractivity (Wildman–Crippen MR) is 103 cm³/mol. The van der Waals surface area contributed by atoms with Crippen molar-refractivity contribution in [2.24, 2.45) is 5.10 Å². The monoisotopic (exact) mass is 363 g/mol. The molecule has 1 saturated heterocycles. The molecule has 2 aromatic carbocycles. The number of carbonyl (C=O) groups is 1. The first-order valence-corrected chi connectivity index (χ1v) is 8.98. The van der Waals surface area contributed by atoms with Gasteiger partial charge in [0.2, 0.25) is 5.91 Å². The number of nitrogens with zero attached hydrogens (tertiary/aromatic N) is 1. The first-order valence-electron chi connectivity index (χ1n) is 8.98. The molecule has 1 fully saturated rings. The molecule has 1 aliphatic rings. The summed E-state index contributed by atoms with van der Waals surface area (Å²) in [6, 6.07) is 17.7. The van der Waals surface area contributed by atoms with Gasteiger partial charge in [-0.05, 0) is 6.07 Å². The van der Waals surface area contributed by atoms with Crippen LogP contribution in [0.25, 0.3) is 10.9 Å². The number of fused-ring (bicyclic) bond motifs is 1. The zero-order valence-corrected chi connectivity index (χ0v) is 14.9. The van der Waals surface area contributed by atoms with Crippen LogP contribution in [0.2, 0.25) is 0 Å². The van der Waals surface area contributed by atoms with E-state index in [1.54, 1.807) is 6.21 Å². The van der Waals surface area contributed by atoms with Crippen LogP contribution in [-0.2, 0) is 20.1 Å². The van der Waals surface area contributed by atoms with Crippen LogP contribution in [0.4, 0.5) is 0 Å². The van der Waals surface area contributed by atoms with Crippen LogP contribution in [-0.4, -0.2) is 30.3 Å². The molecule has 6 heteroatoms. The molecule has 1 aromatic heterocycles. The van der Waals surface area contributed by atoms with Crippen molar-refractivity contribution in [2.75, 3.05) is 13.2 Å². The lowest BCUT2D eigenvalue weighted by atomic mass is 10.0. The molecule has 0 unspecified atom stereocenters. The maximum Gasteiger partial charge on any atom is 0.240 e. The third-order valence-corrected chi connectivity index (χ3v) is 4.66. The molecule has 0 atom stereocenters. The van der Waals surface area contributed by atoms with E-state index in [4.69, 9.17) is 9.47 Å². The topological polar surface area (TPSA) is 75.7 Å². The number of nitrogens with one attached hydrogen (secondary N) is 2. The molecule has 27 heavy (non-hydrogen) atoms. The van der Waals surface area contributed by atoms with Crippen molar-refractivity contribution in [3.05, 3.63) is 71.9 Å². The zero-order chi connectivity index (χ0) is 18.5. The summed E-state index contributed by atoms with van der Waals surface area (Å²) in [5, 5.41) is 5.14. The number of rotatable bonds is 6. The summed E-state index contributed by atoms with van der Waals surface area (Å²) in [5.74, 6) is -1.03. The third-order valence-electron chi connectivity index (χ3n) is 4.66. The number of carbonyl (C=O) groups excluding carboxylic acids is 1. The van der Waals surface area contributed by atoms with Crippen LogP contribution >= 0.6 is 0 Å². The number of benzene rings is 2. The van der Waals surface area contributed by atoms with Crippen LogP contribution < -0.4 is 5.43 Å². The van der Waals surface area contributed by atoms with E-state index in [9.17, 15) is 4.79 Å². The minimum Gasteiger partial charge on any atom is -0.361 e. The molecule has 138 valence electrons. The molecule has 4 rings (SSSR count). The summed E-state index contributed by atoms with van der Waals surface area (Å²) in [5.41, 5.74) is 5.47. The minimum atomic E-state index is -0.848. The number of hydrogen-bond donors (Lipinski definition) is 2. The Balaban J connectivity index is 1.36. The van der Waals surface area contributed by atoms with Crippen LogP contribution in [0.15, 0.2) is 65.9 Å². The molecular formula is C21H21N3O3. The van der Waals surface area contributed by atoms with Gasteiger partial charge >= 0.3 is 0 Å². The summed E-state index contributed by atoms with van der Waals surface area (Å²) in [6.45, 7) is 1.05. The Morgan fingerprint density at radius 1 is 1.11 bits per heavy atom. The first-order chi connectivity index (χ1) is 13.3. The van der Waals surface area contributed by atoms with Crippen LogP contribution in [0.3, 0.4) is 0 Å². The van der Waals surface area contributed by atoms with E-state index in [-0.39, 0.29) is 12.3 Å². The van der Waals surface area contributed by atoms with E-state index in [0.717, 1.165) is 22.0 Å². The summed E-state index contributed by atoms with van der Waals surface area (Å²) >= 11 is 0. The van der Waals surface area contributed by atoms with Gasteiger partial charge in [-0.1, -0.05) is 48.5 Å². The number of aromatic nitrogens is 1. The molecule has 0 spiro atoms. The highest BCUT2D eigenvalue weighted by Crippen LogP contribution is 2.35. The average Bonchev–Trinajstić information content (AvgIpc) is 3.35. The van der Waals surface area contributed by atoms with Crippen LogP contribution in [0.1, 0.15) is 24.0 Å². The summed E-state index contributed by atoms with van der Waals surface area (Å²) < 4.78 is 11.7. The van der Waals surface area contributed by atoms with Gasteiger partial charge in [0.25, 0.3) is 0 Å². The van der Waals surface area contributed by atoms with Gasteiger partial charge in [0.05, 0.1) is 19.4 Å². The Bertz CT molecular complexity index is 943. The van der Waals surface area contributed by atoms with Gasteiger partial charge in [-0.3, -0.25) is 4.79 Å². The number of hydrogen-bond acceptors (Lipinski definition) is 4. The molecule has 2 N–H and O–H groups in total. The van der Waals surface area contributed by atoms with E-state index in [0.29, 0.717) is 19.6 Å². The Labute approximate surface area is 157 Å². The van der Waals surface area contributed by atoms with E-state index < -0.39 is 5.79 Å². The number of hydrazone groups is 1. The lowest BCUT2D eigenvalue weighted by Gasteiger charge is -2.27. The molecule has 3 aromatic rings. The first kappa shape index (κ1) is 17.5. The second-order valence-corrected chi connectivity index (χ2v) is 6.40.